The molecular formula is C16H16FN3O3S. The highest BCUT2D eigenvalue weighted by Crippen LogP contribution is 2.23. The number of hydrogen-bond acceptors (Lipinski definition) is 5. The summed E-state index contributed by atoms with van der Waals surface area (Å²) in [4.78, 5) is 26.5. The van der Waals surface area contributed by atoms with Crippen molar-refractivity contribution in [2.24, 2.45) is 0 Å². The molecule has 0 saturated carbocycles. The van der Waals surface area contributed by atoms with Gasteiger partial charge in [-0.05, 0) is 17.5 Å². The van der Waals surface area contributed by atoms with Gasteiger partial charge in [0.1, 0.15) is 5.82 Å². The minimum atomic E-state index is -0.569. The Morgan fingerprint density at radius 2 is 2.00 bits per heavy atom. The van der Waals surface area contributed by atoms with Crippen molar-refractivity contribution in [3.63, 3.8) is 0 Å². The van der Waals surface area contributed by atoms with Crippen LogP contribution >= 0.6 is 11.3 Å². The number of piperazine rings is 1. The van der Waals surface area contributed by atoms with Crippen LogP contribution in [0.3, 0.4) is 0 Å². The predicted octanol–water partition coefficient (Wildman–Crippen LogP) is 2.75. The van der Waals surface area contributed by atoms with E-state index in [9.17, 15) is 19.3 Å². The monoisotopic (exact) mass is 349 g/mol. The van der Waals surface area contributed by atoms with E-state index in [1.165, 1.54) is 29.5 Å². The molecule has 0 radical (unpaired) electrons. The van der Waals surface area contributed by atoms with E-state index in [0.29, 0.717) is 31.7 Å². The van der Waals surface area contributed by atoms with E-state index in [0.717, 1.165) is 0 Å². The maximum absolute atomic E-state index is 14.0. The van der Waals surface area contributed by atoms with Crippen molar-refractivity contribution in [2.45, 2.75) is 6.54 Å². The molecule has 2 aromatic rings. The summed E-state index contributed by atoms with van der Waals surface area (Å²) in [5.41, 5.74) is 0.574. The van der Waals surface area contributed by atoms with Crippen LogP contribution in [0.4, 0.5) is 10.1 Å². The molecule has 126 valence electrons. The first kappa shape index (κ1) is 16.5. The molecule has 24 heavy (non-hydrogen) atoms. The van der Waals surface area contributed by atoms with E-state index in [2.05, 4.69) is 0 Å². The Labute approximate surface area is 142 Å². The highest BCUT2D eigenvalue weighted by atomic mass is 32.1. The maximum Gasteiger partial charge on any atom is 0.276 e. The van der Waals surface area contributed by atoms with Crippen LogP contribution in [-0.4, -0.2) is 46.8 Å². The van der Waals surface area contributed by atoms with Crippen molar-refractivity contribution >= 4 is 22.9 Å². The molecule has 2 heterocycles. The number of halogens is 1. The van der Waals surface area contributed by atoms with Crippen molar-refractivity contribution in [1.29, 1.82) is 0 Å². The lowest BCUT2D eigenvalue weighted by molar-refractivity contribution is -0.386. The molecular weight excluding hydrogens is 333 g/mol. The molecule has 1 saturated heterocycles. The second kappa shape index (κ2) is 7.06. The standard InChI is InChI=1S/C16H16FN3O3S/c17-14-2-1-3-15(20(22)23)13(14)10-18-5-7-19(8-6-18)16(21)12-4-9-24-11-12/h1-4,9,11H,5-8,10H2. The molecule has 1 aliphatic rings. The Hall–Kier alpha value is -2.32. The van der Waals surface area contributed by atoms with Crippen molar-refractivity contribution in [1.82, 2.24) is 9.80 Å². The molecule has 0 unspecified atom stereocenters. The molecule has 8 heteroatoms. The zero-order chi connectivity index (χ0) is 17.1. The predicted molar refractivity (Wildman–Crippen MR) is 88.6 cm³/mol. The number of thiophene rings is 1. The normalized spacial score (nSPS) is 15.5. The third kappa shape index (κ3) is 3.44. The van der Waals surface area contributed by atoms with Crippen molar-refractivity contribution in [3.8, 4) is 0 Å². The topological polar surface area (TPSA) is 66.7 Å². The average Bonchev–Trinajstić information content (AvgIpc) is 3.11. The number of hydrogen-bond donors (Lipinski definition) is 0. The molecule has 6 nitrogen and oxygen atoms in total. The van der Waals surface area contributed by atoms with Crippen LogP contribution in [0.1, 0.15) is 15.9 Å². The van der Waals surface area contributed by atoms with Crippen LogP contribution in [0.5, 0.6) is 0 Å². The molecule has 0 aliphatic carbocycles. The highest BCUT2D eigenvalue weighted by Gasteiger charge is 2.25. The zero-order valence-corrected chi connectivity index (χ0v) is 13.7. The molecule has 0 spiro atoms. The lowest BCUT2D eigenvalue weighted by Gasteiger charge is -2.34. The summed E-state index contributed by atoms with van der Waals surface area (Å²) in [5, 5.41) is 14.7. The Morgan fingerprint density at radius 1 is 1.25 bits per heavy atom. The third-order valence-electron chi connectivity index (χ3n) is 4.10. The molecule has 3 rings (SSSR count). The number of nitro benzene ring substituents is 1. The molecule has 1 aromatic carbocycles. The van der Waals surface area contributed by atoms with Gasteiger partial charge in [0.25, 0.3) is 11.6 Å². The lowest BCUT2D eigenvalue weighted by atomic mass is 10.1. The summed E-state index contributed by atoms with van der Waals surface area (Å²) in [6.07, 6.45) is 0. The molecule has 0 atom stereocenters. The first-order chi connectivity index (χ1) is 11.6. The molecule has 0 N–H and O–H groups in total. The summed E-state index contributed by atoms with van der Waals surface area (Å²) in [7, 11) is 0. The van der Waals surface area contributed by atoms with Crippen molar-refractivity contribution < 1.29 is 14.1 Å². The fourth-order valence-corrected chi connectivity index (χ4v) is 3.41. The van der Waals surface area contributed by atoms with Crippen molar-refractivity contribution in [2.75, 3.05) is 26.2 Å². The van der Waals surface area contributed by atoms with Gasteiger partial charge in [0.05, 0.1) is 16.1 Å². The largest absolute Gasteiger partial charge is 0.336 e. The van der Waals surface area contributed by atoms with Gasteiger partial charge in [0, 0.05) is 44.2 Å². The number of carbonyl (C=O) groups is 1. The lowest BCUT2D eigenvalue weighted by Crippen LogP contribution is -2.48. The zero-order valence-electron chi connectivity index (χ0n) is 12.9. The number of nitrogens with zero attached hydrogens (tertiary/aromatic N) is 3. The Morgan fingerprint density at radius 3 is 2.62 bits per heavy atom. The number of carbonyl (C=O) groups excluding carboxylic acids is 1. The van der Waals surface area contributed by atoms with Crippen LogP contribution in [0.25, 0.3) is 0 Å². The Balaban J connectivity index is 1.64. The van der Waals surface area contributed by atoms with Crippen LogP contribution in [0, 0.1) is 15.9 Å². The van der Waals surface area contributed by atoms with Crippen LogP contribution in [-0.2, 0) is 6.54 Å². The fraction of sp³-hybridized carbons (Fsp3) is 0.312. The Bertz CT molecular complexity index is 743. The first-order valence-electron chi connectivity index (χ1n) is 7.52. The summed E-state index contributed by atoms with van der Waals surface area (Å²) in [6.45, 7) is 2.33. The van der Waals surface area contributed by atoms with E-state index >= 15 is 0 Å². The van der Waals surface area contributed by atoms with Crippen LogP contribution in [0.2, 0.25) is 0 Å². The quantitative estimate of drug-likeness (QED) is 0.629. The molecule has 1 aromatic heterocycles. The van der Waals surface area contributed by atoms with E-state index in [-0.39, 0.29) is 23.7 Å². The Kier molecular flexibility index (Phi) is 4.86. The average molecular weight is 349 g/mol. The van der Waals surface area contributed by atoms with Gasteiger partial charge in [0.15, 0.2) is 0 Å². The summed E-state index contributed by atoms with van der Waals surface area (Å²) >= 11 is 1.48. The molecule has 1 amide bonds. The number of nitro groups is 1. The van der Waals surface area contributed by atoms with E-state index in [1.54, 1.807) is 11.0 Å². The summed E-state index contributed by atoms with van der Waals surface area (Å²) in [6, 6.07) is 5.68. The number of amides is 1. The SMILES string of the molecule is O=C(c1ccsc1)N1CCN(Cc2c(F)cccc2[N+](=O)[O-])CC1. The van der Waals surface area contributed by atoms with Crippen LogP contribution in [0.15, 0.2) is 35.0 Å². The fourth-order valence-electron chi connectivity index (χ4n) is 2.78. The van der Waals surface area contributed by atoms with E-state index < -0.39 is 10.7 Å². The van der Waals surface area contributed by atoms with Gasteiger partial charge in [-0.25, -0.2) is 4.39 Å². The molecule has 1 fully saturated rings. The first-order valence-corrected chi connectivity index (χ1v) is 8.46. The summed E-state index contributed by atoms with van der Waals surface area (Å²) < 4.78 is 14.0. The minimum Gasteiger partial charge on any atom is -0.336 e. The minimum absolute atomic E-state index is 0.00669. The second-order valence-electron chi connectivity index (χ2n) is 5.57. The van der Waals surface area contributed by atoms with Gasteiger partial charge in [0.2, 0.25) is 0 Å². The smallest absolute Gasteiger partial charge is 0.276 e. The van der Waals surface area contributed by atoms with E-state index in [1.807, 2.05) is 15.7 Å². The summed E-state index contributed by atoms with van der Waals surface area (Å²) in [5.74, 6) is -0.575. The van der Waals surface area contributed by atoms with Gasteiger partial charge in [-0.15, -0.1) is 0 Å². The third-order valence-corrected chi connectivity index (χ3v) is 4.78. The van der Waals surface area contributed by atoms with Gasteiger partial charge < -0.3 is 4.90 Å². The number of rotatable bonds is 4. The van der Waals surface area contributed by atoms with Crippen LogP contribution < -0.4 is 0 Å². The highest BCUT2D eigenvalue weighted by molar-refractivity contribution is 7.08. The van der Waals surface area contributed by atoms with Crippen molar-refractivity contribution in [3.05, 3.63) is 62.1 Å². The van der Waals surface area contributed by atoms with Gasteiger partial charge in [-0.3, -0.25) is 19.8 Å². The van der Waals surface area contributed by atoms with Gasteiger partial charge in [-0.2, -0.15) is 11.3 Å². The van der Waals surface area contributed by atoms with Gasteiger partial charge >= 0.3 is 0 Å². The molecule has 1 aliphatic heterocycles. The molecule has 0 bridgehead atoms. The van der Waals surface area contributed by atoms with E-state index in [4.69, 9.17) is 0 Å². The number of benzene rings is 1. The second-order valence-corrected chi connectivity index (χ2v) is 6.36. The van der Waals surface area contributed by atoms with Gasteiger partial charge in [-0.1, -0.05) is 6.07 Å². The maximum atomic E-state index is 14.0.